The van der Waals surface area contributed by atoms with Crippen LogP contribution < -0.4 is 24.8 Å². The molecule has 0 saturated heterocycles. The SMILES string of the molecule is CC.COc1cc2c(Oc3ccc(NC(=O)NCCC(C)(C)C)cc3)ccnc2cc1OCCCl. The van der Waals surface area contributed by atoms with Crippen LogP contribution in [0.25, 0.3) is 10.9 Å². The number of anilines is 1. The topological polar surface area (TPSA) is 81.7 Å². The molecule has 8 heteroatoms. The van der Waals surface area contributed by atoms with Crippen LogP contribution >= 0.6 is 11.6 Å². The van der Waals surface area contributed by atoms with E-state index < -0.39 is 0 Å². The summed E-state index contributed by atoms with van der Waals surface area (Å²) in [7, 11) is 1.58. The number of amides is 2. The van der Waals surface area contributed by atoms with Gasteiger partial charge in [0.15, 0.2) is 11.5 Å². The van der Waals surface area contributed by atoms with Crippen molar-refractivity contribution in [3.05, 3.63) is 48.7 Å². The monoisotopic (exact) mass is 501 g/mol. The predicted octanol–water partition coefficient (Wildman–Crippen LogP) is 7.24. The van der Waals surface area contributed by atoms with Crippen molar-refractivity contribution in [2.75, 3.05) is 31.5 Å². The Bertz CT molecular complexity index is 1080. The Balaban J connectivity index is 0.00000210. The molecular formula is C27H36ClN3O4. The number of nitrogens with zero attached hydrogens (tertiary/aromatic N) is 1. The largest absolute Gasteiger partial charge is 0.493 e. The lowest BCUT2D eigenvalue weighted by molar-refractivity contribution is 0.250. The zero-order chi connectivity index (χ0) is 25.8. The van der Waals surface area contributed by atoms with E-state index in [4.69, 9.17) is 25.8 Å². The van der Waals surface area contributed by atoms with E-state index in [-0.39, 0.29) is 11.4 Å². The van der Waals surface area contributed by atoms with Gasteiger partial charge < -0.3 is 24.8 Å². The number of nitrogens with one attached hydrogen (secondary N) is 2. The maximum Gasteiger partial charge on any atom is 0.319 e. The highest BCUT2D eigenvalue weighted by molar-refractivity contribution is 6.18. The molecule has 2 N–H and O–H groups in total. The number of urea groups is 1. The lowest BCUT2D eigenvalue weighted by Crippen LogP contribution is -2.31. The van der Waals surface area contributed by atoms with Gasteiger partial charge in [0.05, 0.1) is 18.5 Å². The molecule has 0 saturated carbocycles. The second kappa shape index (κ2) is 13.6. The highest BCUT2D eigenvalue weighted by atomic mass is 35.5. The van der Waals surface area contributed by atoms with Gasteiger partial charge in [-0.2, -0.15) is 0 Å². The van der Waals surface area contributed by atoms with E-state index in [9.17, 15) is 4.79 Å². The summed E-state index contributed by atoms with van der Waals surface area (Å²) >= 11 is 5.73. The molecular weight excluding hydrogens is 466 g/mol. The standard InChI is InChI=1S/C25H30ClN3O4.C2H6/c1-25(2,3)10-13-28-24(30)29-17-5-7-18(8-6-17)33-21-9-12-27-20-16-23(32-14-11-26)22(31-4)15-19(20)21;1-2/h5-9,12,15-16H,10-11,13-14H2,1-4H3,(H2,28,29,30);1-2H3. The number of carbonyl (C=O) groups is 1. The molecule has 0 aliphatic carbocycles. The van der Waals surface area contributed by atoms with Crippen molar-refractivity contribution < 1.29 is 19.0 Å². The van der Waals surface area contributed by atoms with Gasteiger partial charge in [0.1, 0.15) is 18.1 Å². The van der Waals surface area contributed by atoms with Crippen molar-refractivity contribution in [2.24, 2.45) is 5.41 Å². The number of hydrogen-bond donors (Lipinski definition) is 2. The number of rotatable bonds is 9. The number of hydrogen-bond acceptors (Lipinski definition) is 5. The van der Waals surface area contributed by atoms with E-state index in [0.29, 0.717) is 53.2 Å². The third kappa shape index (κ3) is 8.83. The summed E-state index contributed by atoms with van der Waals surface area (Å²) in [5.41, 5.74) is 1.56. The van der Waals surface area contributed by atoms with E-state index in [2.05, 4.69) is 36.4 Å². The van der Waals surface area contributed by atoms with Gasteiger partial charge >= 0.3 is 6.03 Å². The van der Waals surface area contributed by atoms with Gasteiger partial charge in [0.2, 0.25) is 0 Å². The molecule has 0 radical (unpaired) electrons. The number of pyridine rings is 1. The molecule has 2 aromatic carbocycles. The van der Waals surface area contributed by atoms with E-state index in [1.165, 1.54) is 0 Å². The number of carbonyl (C=O) groups excluding carboxylic acids is 1. The highest BCUT2D eigenvalue weighted by Gasteiger charge is 2.13. The summed E-state index contributed by atoms with van der Waals surface area (Å²) in [4.78, 5) is 16.5. The van der Waals surface area contributed by atoms with Crippen LogP contribution in [0, 0.1) is 5.41 Å². The van der Waals surface area contributed by atoms with Crippen molar-refractivity contribution in [2.45, 2.75) is 41.0 Å². The van der Waals surface area contributed by atoms with Gasteiger partial charge in [-0.1, -0.05) is 34.6 Å². The van der Waals surface area contributed by atoms with Gasteiger partial charge in [-0.05, 0) is 48.2 Å². The van der Waals surface area contributed by atoms with E-state index in [1.54, 1.807) is 49.7 Å². The summed E-state index contributed by atoms with van der Waals surface area (Å²) < 4.78 is 17.2. The molecule has 190 valence electrons. The zero-order valence-corrected chi connectivity index (χ0v) is 22.2. The van der Waals surface area contributed by atoms with E-state index in [1.807, 2.05) is 19.9 Å². The van der Waals surface area contributed by atoms with Crippen LogP contribution in [-0.2, 0) is 0 Å². The minimum absolute atomic E-state index is 0.173. The van der Waals surface area contributed by atoms with E-state index in [0.717, 1.165) is 11.8 Å². The fourth-order valence-corrected chi connectivity index (χ4v) is 3.18. The first kappa shape index (κ1) is 28.1. The molecule has 0 spiro atoms. The number of ether oxygens (including phenoxy) is 3. The minimum atomic E-state index is -0.229. The van der Waals surface area contributed by atoms with Crippen LogP contribution in [0.2, 0.25) is 0 Å². The van der Waals surface area contributed by atoms with Crippen LogP contribution in [0.1, 0.15) is 41.0 Å². The molecule has 2 amide bonds. The van der Waals surface area contributed by atoms with Crippen LogP contribution in [0.15, 0.2) is 48.7 Å². The third-order valence-corrected chi connectivity index (χ3v) is 4.98. The van der Waals surface area contributed by atoms with Crippen molar-refractivity contribution >= 4 is 34.2 Å². The molecule has 1 heterocycles. The van der Waals surface area contributed by atoms with Crippen LogP contribution in [-0.4, -0.2) is 37.2 Å². The second-order valence-corrected chi connectivity index (χ2v) is 9.06. The first-order valence-electron chi connectivity index (χ1n) is 11.8. The Hall–Kier alpha value is -3.19. The maximum absolute atomic E-state index is 12.1. The maximum atomic E-state index is 12.1. The van der Waals surface area contributed by atoms with Crippen LogP contribution in [0.3, 0.4) is 0 Å². The number of halogens is 1. The molecule has 3 aromatic rings. The molecule has 1 aromatic heterocycles. The Morgan fingerprint density at radius 3 is 2.37 bits per heavy atom. The second-order valence-electron chi connectivity index (χ2n) is 8.68. The summed E-state index contributed by atoms with van der Waals surface area (Å²) in [6.07, 6.45) is 2.57. The molecule has 0 unspecified atom stereocenters. The Kier molecular flexibility index (Phi) is 10.9. The summed E-state index contributed by atoms with van der Waals surface area (Å²) in [5.74, 6) is 2.78. The number of alkyl halides is 1. The Morgan fingerprint density at radius 2 is 1.74 bits per heavy atom. The van der Waals surface area contributed by atoms with E-state index >= 15 is 0 Å². The fourth-order valence-electron chi connectivity index (χ4n) is 3.10. The first-order chi connectivity index (χ1) is 16.8. The number of methoxy groups -OCH3 is 1. The fraction of sp³-hybridized carbons (Fsp3) is 0.407. The smallest absolute Gasteiger partial charge is 0.319 e. The lowest BCUT2D eigenvalue weighted by Gasteiger charge is -2.18. The Labute approximate surface area is 213 Å². The highest BCUT2D eigenvalue weighted by Crippen LogP contribution is 2.37. The molecule has 0 bridgehead atoms. The Morgan fingerprint density at radius 1 is 1.03 bits per heavy atom. The predicted molar refractivity (Wildman–Crippen MR) is 143 cm³/mol. The number of fused-ring (bicyclic) bond motifs is 1. The first-order valence-corrected chi connectivity index (χ1v) is 12.3. The number of aromatic nitrogens is 1. The molecule has 35 heavy (non-hydrogen) atoms. The van der Waals surface area contributed by atoms with Gasteiger partial charge in [0.25, 0.3) is 0 Å². The van der Waals surface area contributed by atoms with Crippen molar-refractivity contribution in [1.29, 1.82) is 0 Å². The average molecular weight is 502 g/mol. The van der Waals surface area contributed by atoms with Gasteiger partial charge in [0, 0.05) is 29.9 Å². The van der Waals surface area contributed by atoms with Crippen LogP contribution in [0.5, 0.6) is 23.0 Å². The van der Waals surface area contributed by atoms with Gasteiger partial charge in [-0.15, -0.1) is 11.6 Å². The number of benzene rings is 2. The minimum Gasteiger partial charge on any atom is -0.493 e. The summed E-state index contributed by atoms with van der Waals surface area (Å²) in [6.45, 7) is 11.4. The molecule has 7 nitrogen and oxygen atoms in total. The summed E-state index contributed by atoms with van der Waals surface area (Å²) in [6, 6.07) is 12.4. The molecule has 0 aliphatic heterocycles. The lowest BCUT2D eigenvalue weighted by atomic mass is 9.92. The van der Waals surface area contributed by atoms with Gasteiger partial charge in [-0.3, -0.25) is 4.98 Å². The molecule has 3 rings (SSSR count). The molecule has 0 atom stereocenters. The van der Waals surface area contributed by atoms with Crippen molar-refractivity contribution in [1.82, 2.24) is 10.3 Å². The third-order valence-electron chi connectivity index (χ3n) is 4.82. The normalized spacial score (nSPS) is 10.7. The molecule has 0 fully saturated rings. The van der Waals surface area contributed by atoms with Crippen molar-refractivity contribution in [3.8, 4) is 23.0 Å². The van der Waals surface area contributed by atoms with Crippen molar-refractivity contribution in [3.63, 3.8) is 0 Å². The summed E-state index contributed by atoms with van der Waals surface area (Å²) in [5, 5.41) is 6.49. The van der Waals surface area contributed by atoms with Gasteiger partial charge in [-0.25, -0.2) is 4.79 Å². The quantitative estimate of drug-likeness (QED) is 0.302. The zero-order valence-electron chi connectivity index (χ0n) is 21.4. The van der Waals surface area contributed by atoms with Crippen LogP contribution in [0.4, 0.5) is 10.5 Å². The molecule has 0 aliphatic rings. The average Bonchev–Trinajstić information content (AvgIpc) is 2.84.